The highest BCUT2D eigenvalue weighted by Gasteiger charge is 2.34. The SMILES string of the molecule is CN(C)c1ccc([C@H]2C=C(Nc3ccccc3)C(=O)N2c2ccccc2)cc1. The van der Waals surface area contributed by atoms with Gasteiger partial charge in [-0.25, -0.2) is 0 Å². The Kier molecular flexibility index (Phi) is 4.85. The Balaban J connectivity index is 1.71. The fourth-order valence-corrected chi connectivity index (χ4v) is 3.41. The molecule has 0 saturated heterocycles. The van der Waals surface area contributed by atoms with E-state index in [4.69, 9.17) is 0 Å². The smallest absolute Gasteiger partial charge is 0.275 e. The molecule has 3 aromatic rings. The minimum atomic E-state index is -0.155. The highest BCUT2D eigenvalue weighted by molar-refractivity contribution is 6.11. The van der Waals surface area contributed by atoms with Crippen LogP contribution >= 0.6 is 0 Å². The minimum absolute atomic E-state index is 0.0308. The molecular formula is C24H23N3O. The van der Waals surface area contributed by atoms with Crippen LogP contribution in [0.4, 0.5) is 17.1 Å². The van der Waals surface area contributed by atoms with E-state index in [0.29, 0.717) is 5.70 Å². The number of benzene rings is 3. The number of para-hydroxylation sites is 2. The summed E-state index contributed by atoms with van der Waals surface area (Å²) in [6, 6.07) is 27.8. The Bertz CT molecular complexity index is 979. The van der Waals surface area contributed by atoms with Gasteiger partial charge in [-0.2, -0.15) is 0 Å². The zero-order valence-electron chi connectivity index (χ0n) is 16.0. The second-order valence-corrected chi connectivity index (χ2v) is 7.01. The van der Waals surface area contributed by atoms with Crippen molar-refractivity contribution in [2.45, 2.75) is 6.04 Å². The van der Waals surface area contributed by atoms with Gasteiger partial charge >= 0.3 is 0 Å². The van der Waals surface area contributed by atoms with Crippen LogP contribution in [0.15, 0.2) is 96.7 Å². The Morgan fingerprint density at radius 2 is 1.43 bits per heavy atom. The average Bonchev–Trinajstić information content (AvgIpc) is 3.05. The van der Waals surface area contributed by atoms with Gasteiger partial charge in [-0.15, -0.1) is 0 Å². The topological polar surface area (TPSA) is 35.6 Å². The quantitative estimate of drug-likeness (QED) is 0.699. The highest BCUT2D eigenvalue weighted by Crippen LogP contribution is 2.36. The fraction of sp³-hybridized carbons (Fsp3) is 0.125. The monoisotopic (exact) mass is 369 g/mol. The van der Waals surface area contributed by atoms with E-state index in [2.05, 4.69) is 34.5 Å². The van der Waals surface area contributed by atoms with Crippen molar-refractivity contribution >= 4 is 23.0 Å². The zero-order chi connectivity index (χ0) is 19.5. The third-order valence-electron chi connectivity index (χ3n) is 4.89. The number of hydrogen-bond acceptors (Lipinski definition) is 3. The number of carbonyl (C=O) groups excluding carboxylic acids is 1. The lowest BCUT2D eigenvalue weighted by Gasteiger charge is -2.25. The summed E-state index contributed by atoms with van der Waals surface area (Å²) in [4.78, 5) is 17.2. The van der Waals surface area contributed by atoms with Crippen LogP contribution in [0.3, 0.4) is 0 Å². The number of nitrogens with zero attached hydrogens (tertiary/aromatic N) is 2. The maximum atomic E-state index is 13.3. The van der Waals surface area contributed by atoms with Crippen molar-refractivity contribution < 1.29 is 4.79 Å². The molecular weight excluding hydrogens is 346 g/mol. The van der Waals surface area contributed by atoms with Crippen molar-refractivity contribution in [2.24, 2.45) is 0 Å². The molecule has 1 aliphatic rings. The third-order valence-corrected chi connectivity index (χ3v) is 4.89. The molecule has 1 heterocycles. The molecule has 3 aromatic carbocycles. The van der Waals surface area contributed by atoms with E-state index in [0.717, 1.165) is 22.6 Å². The number of carbonyl (C=O) groups is 1. The predicted molar refractivity (Wildman–Crippen MR) is 116 cm³/mol. The van der Waals surface area contributed by atoms with Crippen molar-refractivity contribution in [3.05, 3.63) is 102 Å². The molecule has 1 atom stereocenters. The Hall–Kier alpha value is -3.53. The largest absolute Gasteiger partial charge is 0.378 e. The van der Waals surface area contributed by atoms with Crippen LogP contribution in [-0.2, 0) is 4.79 Å². The van der Waals surface area contributed by atoms with Gasteiger partial charge in [0.1, 0.15) is 5.70 Å². The number of nitrogens with one attached hydrogen (secondary N) is 1. The molecule has 1 amide bonds. The van der Waals surface area contributed by atoms with Gasteiger partial charge in [0.15, 0.2) is 0 Å². The van der Waals surface area contributed by atoms with E-state index < -0.39 is 0 Å². The molecule has 4 heteroatoms. The normalized spacial score (nSPS) is 16.1. The molecule has 0 fully saturated rings. The van der Waals surface area contributed by atoms with Gasteiger partial charge < -0.3 is 10.2 Å². The summed E-state index contributed by atoms with van der Waals surface area (Å²) < 4.78 is 0. The van der Waals surface area contributed by atoms with Crippen molar-refractivity contribution in [3.8, 4) is 0 Å². The van der Waals surface area contributed by atoms with E-state index in [1.165, 1.54) is 0 Å². The van der Waals surface area contributed by atoms with Gasteiger partial charge in [-0.05, 0) is 48.0 Å². The summed E-state index contributed by atoms with van der Waals surface area (Å²) in [7, 11) is 4.04. The standard InChI is InChI=1S/C24H23N3O/c1-26(2)20-15-13-18(14-16-20)23-17-22(25-19-9-5-3-6-10-19)24(28)27(23)21-11-7-4-8-12-21/h3-17,23,25H,1-2H3/t23-/m1/s1. The molecule has 0 spiro atoms. The molecule has 0 bridgehead atoms. The van der Waals surface area contributed by atoms with Crippen molar-refractivity contribution in [3.63, 3.8) is 0 Å². The molecule has 0 saturated carbocycles. The first-order valence-electron chi connectivity index (χ1n) is 9.33. The van der Waals surface area contributed by atoms with Gasteiger partial charge in [-0.1, -0.05) is 48.5 Å². The van der Waals surface area contributed by atoms with Crippen LogP contribution in [-0.4, -0.2) is 20.0 Å². The lowest BCUT2D eigenvalue weighted by atomic mass is 10.1. The molecule has 0 radical (unpaired) electrons. The van der Waals surface area contributed by atoms with E-state index in [9.17, 15) is 4.79 Å². The van der Waals surface area contributed by atoms with Crippen molar-refractivity contribution in [2.75, 3.05) is 29.2 Å². The number of anilines is 3. The molecule has 0 aromatic heterocycles. The van der Waals surface area contributed by atoms with Crippen LogP contribution in [0.5, 0.6) is 0 Å². The van der Waals surface area contributed by atoms with Crippen LogP contribution < -0.4 is 15.1 Å². The second kappa shape index (κ2) is 7.61. The zero-order valence-corrected chi connectivity index (χ0v) is 16.0. The van der Waals surface area contributed by atoms with Crippen LogP contribution in [0.1, 0.15) is 11.6 Å². The molecule has 4 rings (SSSR count). The van der Waals surface area contributed by atoms with E-state index in [1.54, 1.807) is 0 Å². The minimum Gasteiger partial charge on any atom is -0.378 e. The van der Waals surface area contributed by atoms with Crippen molar-refractivity contribution in [1.29, 1.82) is 0 Å². The van der Waals surface area contributed by atoms with Gasteiger partial charge in [0.2, 0.25) is 0 Å². The Morgan fingerprint density at radius 3 is 2.04 bits per heavy atom. The lowest BCUT2D eigenvalue weighted by Crippen LogP contribution is -2.30. The first kappa shape index (κ1) is 17.9. The van der Waals surface area contributed by atoms with E-state index >= 15 is 0 Å². The number of amides is 1. The van der Waals surface area contributed by atoms with Gasteiger partial charge in [0, 0.05) is 31.2 Å². The van der Waals surface area contributed by atoms with E-state index in [-0.39, 0.29) is 11.9 Å². The van der Waals surface area contributed by atoms with Crippen LogP contribution in [0.25, 0.3) is 0 Å². The molecule has 0 aliphatic carbocycles. The summed E-state index contributed by atoms with van der Waals surface area (Å²) in [6.07, 6.45) is 2.01. The molecule has 28 heavy (non-hydrogen) atoms. The Labute approximate surface area is 165 Å². The molecule has 1 aliphatic heterocycles. The summed E-state index contributed by atoms with van der Waals surface area (Å²) in [5.74, 6) is -0.0308. The summed E-state index contributed by atoms with van der Waals surface area (Å²) in [5, 5.41) is 3.28. The molecule has 140 valence electrons. The number of rotatable bonds is 5. The van der Waals surface area contributed by atoms with E-state index in [1.807, 2.05) is 85.7 Å². The summed E-state index contributed by atoms with van der Waals surface area (Å²) in [6.45, 7) is 0. The highest BCUT2D eigenvalue weighted by atomic mass is 16.2. The first-order valence-corrected chi connectivity index (χ1v) is 9.33. The summed E-state index contributed by atoms with van der Waals surface area (Å²) in [5.41, 5.74) is 4.59. The predicted octanol–water partition coefficient (Wildman–Crippen LogP) is 4.84. The molecule has 1 N–H and O–H groups in total. The van der Waals surface area contributed by atoms with Crippen molar-refractivity contribution in [1.82, 2.24) is 0 Å². The maximum absolute atomic E-state index is 13.3. The maximum Gasteiger partial charge on any atom is 0.275 e. The second-order valence-electron chi connectivity index (χ2n) is 7.01. The molecule has 4 nitrogen and oxygen atoms in total. The fourth-order valence-electron chi connectivity index (χ4n) is 3.41. The molecule has 0 unspecified atom stereocenters. The first-order chi connectivity index (χ1) is 13.6. The lowest BCUT2D eigenvalue weighted by molar-refractivity contribution is -0.114. The number of hydrogen-bond donors (Lipinski definition) is 1. The summed E-state index contributed by atoms with van der Waals surface area (Å²) >= 11 is 0. The van der Waals surface area contributed by atoms with Crippen LogP contribution in [0, 0.1) is 0 Å². The van der Waals surface area contributed by atoms with Gasteiger partial charge in [0.25, 0.3) is 5.91 Å². The van der Waals surface area contributed by atoms with Crippen LogP contribution in [0.2, 0.25) is 0 Å². The third kappa shape index (κ3) is 3.49. The van der Waals surface area contributed by atoms with Gasteiger partial charge in [-0.3, -0.25) is 9.69 Å². The Morgan fingerprint density at radius 1 is 0.821 bits per heavy atom. The average molecular weight is 369 g/mol. The van der Waals surface area contributed by atoms with Gasteiger partial charge in [0.05, 0.1) is 6.04 Å².